The summed E-state index contributed by atoms with van der Waals surface area (Å²) in [4.78, 5) is 9.00. The highest BCUT2D eigenvalue weighted by atomic mass is 19.1. The number of hydrogen-bond donors (Lipinski definition) is 1. The van der Waals surface area contributed by atoms with E-state index >= 15 is 0 Å². The van der Waals surface area contributed by atoms with E-state index in [-0.39, 0.29) is 5.82 Å². The molecule has 0 unspecified atom stereocenters. The molecule has 1 aromatic heterocycles. The molecule has 0 aliphatic carbocycles. The van der Waals surface area contributed by atoms with E-state index in [1.54, 1.807) is 18.2 Å². The van der Waals surface area contributed by atoms with E-state index in [1.807, 2.05) is 32.0 Å². The van der Waals surface area contributed by atoms with Crippen molar-refractivity contribution in [1.82, 2.24) is 9.97 Å². The van der Waals surface area contributed by atoms with Crippen LogP contribution in [0.3, 0.4) is 0 Å². The fourth-order valence-electron chi connectivity index (χ4n) is 2.31. The second-order valence-electron chi connectivity index (χ2n) is 4.93. The van der Waals surface area contributed by atoms with Gasteiger partial charge in [0.2, 0.25) is 0 Å². The van der Waals surface area contributed by atoms with Gasteiger partial charge in [-0.3, -0.25) is 0 Å². The summed E-state index contributed by atoms with van der Waals surface area (Å²) in [5, 5.41) is 4.19. The van der Waals surface area contributed by atoms with E-state index in [0.717, 1.165) is 28.8 Å². The lowest BCUT2D eigenvalue weighted by Crippen LogP contribution is -2.03. The predicted molar refractivity (Wildman–Crippen MR) is 83.8 cm³/mol. The molecule has 0 radical (unpaired) electrons. The van der Waals surface area contributed by atoms with Gasteiger partial charge in [0, 0.05) is 11.9 Å². The van der Waals surface area contributed by atoms with Crippen LogP contribution in [0, 0.1) is 12.7 Å². The number of rotatable bonds is 3. The van der Waals surface area contributed by atoms with Crippen LogP contribution in [0.5, 0.6) is 0 Å². The summed E-state index contributed by atoms with van der Waals surface area (Å²) < 4.78 is 14.0. The van der Waals surface area contributed by atoms with Crippen LogP contribution in [0.1, 0.15) is 12.5 Å². The maximum absolute atomic E-state index is 14.0. The normalized spacial score (nSPS) is 10.8. The Labute approximate surface area is 122 Å². The first-order chi connectivity index (χ1) is 10.2. The van der Waals surface area contributed by atoms with Crippen LogP contribution in [0.15, 0.2) is 42.5 Å². The Morgan fingerprint density at radius 2 is 1.90 bits per heavy atom. The minimum absolute atomic E-state index is 0.314. The Kier molecular flexibility index (Phi) is 3.52. The molecule has 3 aromatic rings. The summed E-state index contributed by atoms with van der Waals surface area (Å²) in [7, 11) is 0. The molecule has 3 nitrogen and oxygen atoms in total. The molecule has 0 bridgehead atoms. The summed E-state index contributed by atoms with van der Waals surface area (Å²) in [6, 6.07) is 12.5. The molecule has 0 saturated heterocycles. The van der Waals surface area contributed by atoms with Gasteiger partial charge in [0.25, 0.3) is 0 Å². The number of benzene rings is 2. The summed E-state index contributed by atoms with van der Waals surface area (Å²) >= 11 is 0. The molecule has 0 aliphatic rings. The Balaban J connectivity index is 2.26. The van der Waals surface area contributed by atoms with Crippen molar-refractivity contribution in [3.63, 3.8) is 0 Å². The largest absolute Gasteiger partial charge is 0.370 e. The van der Waals surface area contributed by atoms with Crippen molar-refractivity contribution in [1.29, 1.82) is 0 Å². The second-order valence-corrected chi connectivity index (χ2v) is 4.93. The molecule has 21 heavy (non-hydrogen) atoms. The highest BCUT2D eigenvalue weighted by Crippen LogP contribution is 2.27. The molecule has 3 rings (SSSR count). The maximum atomic E-state index is 14.0. The molecular formula is C17H16FN3. The third-order valence-electron chi connectivity index (χ3n) is 3.31. The zero-order valence-electron chi connectivity index (χ0n) is 12.0. The van der Waals surface area contributed by atoms with Crippen LogP contribution in [-0.2, 0) is 0 Å². The number of nitrogens with one attached hydrogen (secondary N) is 1. The average molecular weight is 281 g/mol. The molecule has 0 amide bonds. The topological polar surface area (TPSA) is 37.8 Å². The summed E-state index contributed by atoms with van der Waals surface area (Å²) in [5.41, 5.74) is 2.37. The molecule has 2 aromatic carbocycles. The van der Waals surface area contributed by atoms with Gasteiger partial charge >= 0.3 is 0 Å². The Morgan fingerprint density at radius 3 is 2.67 bits per heavy atom. The number of fused-ring (bicyclic) bond motifs is 1. The van der Waals surface area contributed by atoms with E-state index < -0.39 is 0 Å². The number of nitrogens with zero attached hydrogens (tertiary/aromatic N) is 2. The molecule has 0 spiro atoms. The lowest BCUT2D eigenvalue weighted by molar-refractivity contribution is 0.630. The van der Waals surface area contributed by atoms with Crippen molar-refractivity contribution in [3.8, 4) is 11.4 Å². The lowest BCUT2D eigenvalue weighted by atomic mass is 10.1. The van der Waals surface area contributed by atoms with Gasteiger partial charge < -0.3 is 5.32 Å². The van der Waals surface area contributed by atoms with Gasteiger partial charge in [0.15, 0.2) is 5.82 Å². The standard InChI is InChI=1S/C17H16FN3/c1-3-19-16-13-10-11(2)8-9-15(13)20-17(21-16)12-6-4-5-7-14(12)18/h4-10H,3H2,1-2H3,(H,19,20,21). The van der Waals surface area contributed by atoms with Crippen molar-refractivity contribution >= 4 is 16.7 Å². The molecule has 0 fully saturated rings. The van der Waals surface area contributed by atoms with Crippen molar-refractivity contribution in [2.45, 2.75) is 13.8 Å². The minimum Gasteiger partial charge on any atom is -0.370 e. The Hall–Kier alpha value is -2.49. The monoisotopic (exact) mass is 281 g/mol. The average Bonchev–Trinajstić information content (AvgIpc) is 2.48. The van der Waals surface area contributed by atoms with Crippen LogP contribution in [0.25, 0.3) is 22.3 Å². The molecule has 0 aliphatic heterocycles. The first-order valence-electron chi connectivity index (χ1n) is 6.96. The van der Waals surface area contributed by atoms with Gasteiger partial charge in [-0.25, -0.2) is 14.4 Å². The fourth-order valence-corrected chi connectivity index (χ4v) is 2.31. The Bertz CT molecular complexity index is 799. The fraction of sp³-hybridized carbons (Fsp3) is 0.176. The minimum atomic E-state index is -0.314. The molecule has 1 N–H and O–H groups in total. The van der Waals surface area contributed by atoms with E-state index in [0.29, 0.717) is 11.4 Å². The van der Waals surface area contributed by atoms with Crippen molar-refractivity contribution < 1.29 is 4.39 Å². The van der Waals surface area contributed by atoms with Gasteiger partial charge in [0.1, 0.15) is 11.6 Å². The van der Waals surface area contributed by atoms with Crippen molar-refractivity contribution in [2.24, 2.45) is 0 Å². The summed E-state index contributed by atoms with van der Waals surface area (Å²) in [6.07, 6.45) is 0. The van der Waals surface area contributed by atoms with E-state index in [9.17, 15) is 4.39 Å². The SMILES string of the molecule is CCNc1nc(-c2ccccc2F)nc2ccc(C)cc12. The van der Waals surface area contributed by atoms with Crippen molar-refractivity contribution in [2.75, 3.05) is 11.9 Å². The highest BCUT2D eigenvalue weighted by molar-refractivity contribution is 5.91. The summed E-state index contributed by atoms with van der Waals surface area (Å²) in [6.45, 7) is 4.78. The predicted octanol–water partition coefficient (Wildman–Crippen LogP) is 4.18. The molecule has 1 heterocycles. The molecular weight excluding hydrogens is 265 g/mol. The molecule has 0 saturated carbocycles. The third kappa shape index (κ3) is 2.57. The lowest BCUT2D eigenvalue weighted by Gasteiger charge is -2.10. The number of anilines is 1. The van der Waals surface area contributed by atoms with Crippen LogP contribution in [0.2, 0.25) is 0 Å². The first-order valence-corrected chi connectivity index (χ1v) is 6.96. The smallest absolute Gasteiger partial charge is 0.165 e. The number of aromatic nitrogens is 2. The zero-order chi connectivity index (χ0) is 14.8. The number of hydrogen-bond acceptors (Lipinski definition) is 3. The van der Waals surface area contributed by atoms with Crippen LogP contribution in [-0.4, -0.2) is 16.5 Å². The van der Waals surface area contributed by atoms with Crippen LogP contribution >= 0.6 is 0 Å². The molecule has 0 atom stereocenters. The van der Waals surface area contributed by atoms with Gasteiger partial charge in [-0.1, -0.05) is 23.8 Å². The van der Waals surface area contributed by atoms with Gasteiger partial charge in [0.05, 0.1) is 11.1 Å². The van der Waals surface area contributed by atoms with Crippen LogP contribution < -0.4 is 5.32 Å². The number of aryl methyl sites for hydroxylation is 1. The van der Waals surface area contributed by atoms with E-state index in [1.165, 1.54) is 6.07 Å². The van der Waals surface area contributed by atoms with Gasteiger partial charge in [-0.15, -0.1) is 0 Å². The quantitative estimate of drug-likeness (QED) is 0.782. The van der Waals surface area contributed by atoms with E-state index in [4.69, 9.17) is 0 Å². The summed E-state index contributed by atoms with van der Waals surface area (Å²) in [5.74, 6) is 0.830. The zero-order valence-corrected chi connectivity index (χ0v) is 12.0. The third-order valence-corrected chi connectivity index (χ3v) is 3.31. The number of halogens is 1. The van der Waals surface area contributed by atoms with Gasteiger partial charge in [-0.05, 0) is 38.1 Å². The molecule has 106 valence electrons. The second kappa shape index (κ2) is 5.48. The van der Waals surface area contributed by atoms with Crippen molar-refractivity contribution in [3.05, 3.63) is 53.8 Å². The highest BCUT2D eigenvalue weighted by Gasteiger charge is 2.12. The molecule has 4 heteroatoms. The van der Waals surface area contributed by atoms with E-state index in [2.05, 4.69) is 15.3 Å². The van der Waals surface area contributed by atoms with Crippen LogP contribution in [0.4, 0.5) is 10.2 Å². The Morgan fingerprint density at radius 1 is 1.10 bits per heavy atom. The van der Waals surface area contributed by atoms with Gasteiger partial charge in [-0.2, -0.15) is 0 Å². The first kappa shape index (κ1) is 13.5. The maximum Gasteiger partial charge on any atom is 0.165 e.